The van der Waals surface area contributed by atoms with Crippen LogP contribution in [0.15, 0.2) is 4.99 Å². The molecule has 0 aromatic carbocycles. The first kappa shape index (κ1) is 15.3. The Morgan fingerprint density at radius 1 is 1.40 bits per heavy atom. The number of carbonyl (C=O) groups excluding carboxylic acids is 1. The Morgan fingerprint density at radius 2 is 2.05 bits per heavy atom. The summed E-state index contributed by atoms with van der Waals surface area (Å²) in [6.07, 6.45) is 1.54. The van der Waals surface area contributed by atoms with Crippen molar-refractivity contribution in [2.24, 2.45) is 16.3 Å². The molecule has 1 aliphatic carbocycles. The molecule has 1 aliphatic heterocycles. The highest BCUT2D eigenvalue weighted by atomic mass is 16.6. The summed E-state index contributed by atoms with van der Waals surface area (Å²) < 4.78 is 16.3. The molecule has 0 aromatic rings. The number of esters is 1. The van der Waals surface area contributed by atoms with E-state index in [-0.39, 0.29) is 17.3 Å². The first-order valence-corrected chi connectivity index (χ1v) is 7.08. The lowest BCUT2D eigenvalue weighted by atomic mass is 9.76. The summed E-state index contributed by atoms with van der Waals surface area (Å²) >= 11 is 0. The van der Waals surface area contributed by atoms with Crippen LogP contribution in [-0.4, -0.2) is 43.8 Å². The molecule has 1 saturated carbocycles. The number of hydrogen-bond acceptors (Lipinski definition) is 5. The Bertz CT molecular complexity index is 440. The van der Waals surface area contributed by atoms with Crippen LogP contribution in [0.2, 0.25) is 0 Å². The molecule has 1 spiro atoms. The van der Waals surface area contributed by atoms with Crippen molar-refractivity contribution in [3.8, 4) is 0 Å². The molecule has 1 heterocycles. The summed E-state index contributed by atoms with van der Waals surface area (Å²) in [5.41, 5.74) is -1.83. The summed E-state index contributed by atoms with van der Waals surface area (Å²) in [5.74, 6) is 0.492. The number of methoxy groups -OCH3 is 2. The van der Waals surface area contributed by atoms with Crippen LogP contribution in [0, 0.1) is 11.3 Å². The van der Waals surface area contributed by atoms with E-state index in [4.69, 9.17) is 14.2 Å². The van der Waals surface area contributed by atoms with E-state index >= 15 is 0 Å². The Balaban J connectivity index is 2.30. The predicted molar refractivity (Wildman–Crippen MR) is 75.7 cm³/mol. The monoisotopic (exact) mass is 283 g/mol. The van der Waals surface area contributed by atoms with Crippen molar-refractivity contribution in [3.05, 3.63) is 0 Å². The molecule has 0 unspecified atom stereocenters. The van der Waals surface area contributed by atoms with Crippen molar-refractivity contribution in [3.63, 3.8) is 0 Å². The largest absolute Gasteiger partial charge is 0.481 e. The minimum atomic E-state index is -0.821. The molecule has 0 bridgehead atoms. The van der Waals surface area contributed by atoms with Gasteiger partial charge >= 0.3 is 5.97 Å². The third kappa shape index (κ3) is 2.12. The molecular formula is C15H25NO4. The van der Waals surface area contributed by atoms with Gasteiger partial charge in [-0.25, -0.2) is 9.79 Å². The Labute approximate surface area is 120 Å². The fourth-order valence-electron chi connectivity index (χ4n) is 2.67. The SMILES string of the molecule is COCC[C@@H]1C[C@]12N=C(OC)[C@@](C)(C(C)(C)C)OC2=O. The number of cyclic esters (lactones) is 1. The van der Waals surface area contributed by atoms with Crippen molar-refractivity contribution in [2.45, 2.75) is 51.7 Å². The van der Waals surface area contributed by atoms with Crippen LogP contribution in [0.25, 0.3) is 0 Å². The second kappa shape index (κ2) is 4.72. The van der Waals surface area contributed by atoms with Crippen LogP contribution in [0.1, 0.15) is 40.5 Å². The van der Waals surface area contributed by atoms with Gasteiger partial charge in [0.1, 0.15) is 0 Å². The zero-order chi connectivity index (χ0) is 15.2. The minimum absolute atomic E-state index is 0.199. The first-order chi connectivity index (χ1) is 9.21. The number of nitrogens with zero attached hydrogens (tertiary/aromatic N) is 1. The molecule has 0 saturated heterocycles. The Kier molecular flexibility index (Phi) is 3.61. The van der Waals surface area contributed by atoms with Gasteiger partial charge in [0.25, 0.3) is 0 Å². The second-order valence-corrected chi connectivity index (χ2v) is 6.90. The smallest absolute Gasteiger partial charge is 0.335 e. The first-order valence-electron chi connectivity index (χ1n) is 7.08. The van der Waals surface area contributed by atoms with Crippen molar-refractivity contribution < 1.29 is 19.0 Å². The van der Waals surface area contributed by atoms with Gasteiger partial charge in [-0.2, -0.15) is 0 Å². The lowest BCUT2D eigenvalue weighted by Crippen LogP contribution is -2.57. The normalized spacial score (nSPS) is 36.6. The van der Waals surface area contributed by atoms with Gasteiger partial charge in [-0.05, 0) is 19.8 Å². The number of ether oxygens (including phenoxy) is 3. The molecule has 5 nitrogen and oxygen atoms in total. The highest BCUT2D eigenvalue weighted by Gasteiger charge is 2.67. The van der Waals surface area contributed by atoms with Gasteiger partial charge < -0.3 is 14.2 Å². The average molecular weight is 283 g/mol. The number of hydrogen-bond donors (Lipinski definition) is 0. The third-order valence-corrected chi connectivity index (χ3v) is 4.73. The van der Waals surface area contributed by atoms with E-state index in [1.54, 1.807) is 14.2 Å². The maximum Gasteiger partial charge on any atom is 0.335 e. The molecule has 5 heteroatoms. The van der Waals surface area contributed by atoms with Crippen LogP contribution in [0.4, 0.5) is 0 Å². The molecular weight excluding hydrogens is 258 g/mol. The van der Waals surface area contributed by atoms with E-state index in [9.17, 15) is 4.79 Å². The zero-order valence-electron chi connectivity index (χ0n) is 13.3. The molecule has 20 heavy (non-hydrogen) atoms. The van der Waals surface area contributed by atoms with Crippen LogP contribution in [-0.2, 0) is 19.0 Å². The van der Waals surface area contributed by atoms with E-state index in [1.165, 1.54) is 0 Å². The average Bonchev–Trinajstić information content (AvgIpc) is 3.05. The quantitative estimate of drug-likeness (QED) is 0.745. The molecule has 2 rings (SSSR count). The molecule has 2 aliphatic rings. The van der Waals surface area contributed by atoms with Gasteiger partial charge in [0.15, 0.2) is 11.1 Å². The molecule has 3 atom stereocenters. The van der Waals surface area contributed by atoms with Crippen molar-refractivity contribution >= 4 is 11.9 Å². The molecule has 0 amide bonds. The van der Waals surface area contributed by atoms with Gasteiger partial charge in [-0.3, -0.25) is 0 Å². The Morgan fingerprint density at radius 3 is 2.55 bits per heavy atom. The van der Waals surface area contributed by atoms with Gasteiger partial charge in [0.2, 0.25) is 5.90 Å². The van der Waals surface area contributed by atoms with E-state index in [2.05, 4.69) is 4.99 Å². The fourth-order valence-corrected chi connectivity index (χ4v) is 2.67. The Hall–Kier alpha value is -1.10. The van der Waals surface area contributed by atoms with Gasteiger partial charge in [-0.1, -0.05) is 20.8 Å². The summed E-state index contributed by atoms with van der Waals surface area (Å²) in [7, 11) is 3.25. The van der Waals surface area contributed by atoms with Gasteiger partial charge in [-0.15, -0.1) is 0 Å². The van der Waals surface area contributed by atoms with E-state index < -0.39 is 11.1 Å². The van der Waals surface area contributed by atoms with E-state index in [0.717, 1.165) is 12.8 Å². The van der Waals surface area contributed by atoms with Crippen molar-refractivity contribution in [1.29, 1.82) is 0 Å². The third-order valence-electron chi connectivity index (χ3n) is 4.73. The fraction of sp³-hybridized carbons (Fsp3) is 0.867. The summed E-state index contributed by atoms with van der Waals surface area (Å²) in [5, 5.41) is 0. The van der Waals surface area contributed by atoms with E-state index in [1.807, 2.05) is 27.7 Å². The topological polar surface area (TPSA) is 57.1 Å². The molecule has 114 valence electrons. The number of rotatable bonds is 3. The standard InChI is InChI=1S/C15H25NO4/c1-13(2,3)14(4)11(19-6)16-15(12(17)20-14)9-10(15)7-8-18-5/h10H,7-9H2,1-6H3/t10-,14+,15+/m1/s1. The van der Waals surface area contributed by atoms with E-state index in [0.29, 0.717) is 12.5 Å². The maximum absolute atomic E-state index is 12.4. The number of carbonyl (C=O) groups is 1. The summed E-state index contributed by atoms with van der Waals surface area (Å²) in [6, 6.07) is 0. The second-order valence-electron chi connectivity index (χ2n) is 6.90. The zero-order valence-corrected chi connectivity index (χ0v) is 13.3. The van der Waals surface area contributed by atoms with Crippen LogP contribution in [0.5, 0.6) is 0 Å². The van der Waals surface area contributed by atoms with Crippen molar-refractivity contribution in [2.75, 3.05) is 20.8 Å². The lowest BCUT2D eigenvalue weighted by molar-refractivity contribution is -0.168. The van der Waals surface area contributed by atoms with Gasteiger partial charge in [0, 0.05) is 25.0 Å². The number of aliphatic imine (C=N–C) groups is 1. The van der Waals surface area contributed by atoms with Crippen LogP contribution < -0.4 is 0 Å². The molecule has 0 radical (unpaired) electrons. The van der Waals surface area contributed by atoms with Crippen LogP contribution in [0.3, 0.4) is 0 Å². The molecule has 0 N–H and O–H groups in total. The van der Waals surface area contributed by atoms with Gasteiger partial charge in [0.05, 0.1) is 7.11 Å². The highest BCUT2D eigenvalue weighted by Crippen LogP contribution is 2.54. The summed E-state index contributed by atoms with van der Waals surface area (Å²) in [4.78, 5) is 17.1. The van der Waals surface area contributed by atoms with Crippen molar-refractivity contribution in [1.82, 2.24) is 0 Å². The summed E-state index contributed by atoms with van der Waals surface area (Å²) in [6.45, 7) is 8.55. The highest BCUT2D eigenvalue weighted by molar-refractivity contribution is 5.98. The molecule has 1 fully saturated rings. The maximum atomic E-state index is 12.4. The minimum Gasteiger partial charge on any atom is -0.481 e. The lowest BCUT2D eigenvalue weighted by Gasteiger charge is -2.44. The molecule has 0 aromatic heterocycles. The van der Waals surface area contributed by atoms with Crippen LogP contribution >= 0.6 is 0 Å². The predicted octanol–water partition coefficient (Wildman–Crippen LogP) is 2.19.